The molecule has 0 N–H and O–H groups in total. The standard InChI is InChI=1S/C20H13F3N4O3S/c1-19(2)17(29)26(12-4-3-10(7-24)14(6-12)20(21,22)23)18(31)27(19)13-5-11-9-30-16(28)15(11)25-8-13/h3-6,8H,9H2,1-2H3. The van der Waals surface area contributed by atoms with Gasteiger partial charge < -0.3 is 9.64 Å². The van der Waals surface area contributed by atoms with E-state index in [1.54, 1.807) is 19.9 Å². The van der Waals surface area contributed by atoms with Crippen LogP contribution in [0.15, 0.2) is 30.5 Å². The van der Waals surface area contributed by atoms with E-state index in [0.717, 1.165) is 17.0 Å². The third-order valence-corrected chi connectivity index (χ3v) is 5.48. The molecule has 31 heavy (non-hydrogen) atoms. The predicted molar refractivity (Wildman–Crippen MR) is 106 cm³/mol. The number of thiocarbonyl (C=S) groups is 1. The van der Waals surface area contributed by atoms with E-state index in [4.69, 9.17) is 22.2 Å². The van der Waals surface area contributed by atoms with Crippen molar-refractivity contribution in [3.63, 3.8) is 0 Å². The van der Waals surface area contributed by atoms with Gasteiger partial charge in [0.15, 0.2) is 10.8 Å². The molecule has 0 saturated carbocycles. The van der Waals surface area contributed by atoms with Gasteiger partial charge in [0, 0.05) is 5.56 Å². The highest BCUT2D eigenvalue weighted by atomic mass is 32.1. The Hall–Kier alpha value is -3.52. The first-order valence-electron chi connectivity index (χ1n) is 8.93. The summed E-state index contributed by atoms with van der Waals surface area (Å²) in [5.41, 5.74) is -1.99. The van der Waals surface area contributed by atoms with Crippen molar-refractivity contribution >= 4 is 40.6 Å². The number of aromatic nitrogens is 1. The molecule has 1 aromatic heterocycles. The number of amides is 1. The lowest BCUT2D eigenvalue weighted by Gasteiger charge is -2.29. The molecule has 2 aliphatic heterocycles. The molecule has 1 fully saturated rings. The van der Waals surface area contributed by atoms with Crippen LogP contribution in [0.1, 0.15) is 41.0 Å². The number of benzene rings is 1. The van der Waals surface area contributed by atoms with E-state index in [9.17, 15) is 22.8 Å². The van der Waals surface area contributed by atoms with Crippen molar-refractivity contribution in [2.75, 3.05) is 9.80 Å². The number of pyridine rings is 1. The topological polar surface area (TPSA) is 86.5 Å². The molecule has 0 radical (unpaired) electrons. The summed E-state index contributed by atoms with van der Waals surface area (Å²) in [7, 11) is 0. The second kappa shape index (κ2) is 6.75. The molecule has 11 heteroatoms. The number of halogens is 3. The maximum Gasteiger partial charge on any atom is 0.417 e. The Balaban J connectivity index is 1.79. The number of cyclic esters (lactones) is 1. The highest BCUT2D eigenvalue weighted by Gasteiger charge is 2.51. The first kappa shape index (κ1) is 20.7. The fraction of sp³-hybridized carbons (Fsp3) is 0.250. The number of esters is 1. The van der Waals surface area contributed by atoms with Crippen LogP contribution >= 0.6 is 12.2 Å². The van der Waals surface area contributed by atoms with Gasteiger partial charge in [-0.2, -0.15) is 18.4 Å². The van der Waals surface area contributed by atoms with Crippen molar-refractivity contribution in [3.05, 3.63) is 52.8 Å². The largest absolute Gasteiger partial charge is 0.456 e. The lowest BCUT2D eigenvalue weighted by Crippen LogP contribution is -2.44. The lowest BCUT2D eigenvalue weighted by atomic mass is 10.0. The maximum absolute atomic E-state index is 13.4. The van der Waals surface area contributed by atoms with Crippen LogP contribution in [0.4, 0.5) is 24.5 Å². The molecular weight excluding hydrogens is 433 g/mol. The van der Waals surface area contributed by atoms with E-state index < -0.39 is 34.7 Å². The lowest BCUT2D eigenvalue weighted by molar-refractivity contribution is -0.137. The molecule has 1 aromatic carbocycles. The fourth-order valence-electron chi connectivity index (χ4n) is 3.58. The van der Waals surface area contributed by atoms with Crippen LogP contribution in [0.2, 0.25) is 0 Å². The van der Waals surface area contributed by atoms with Crippen LogP contribution in [0.5, 0.6) is 0 Å². The van der Waals surface area contributed by atoms with E-state index in [1.807, 2.05) is 0 Å². The Kier molecular flexibility index (Phi) is 4.51. The van der Waals surface area contributed by atoms with Crippen molar-refractivity contribution < 1.29 is 27.5 Å². The van der Waals surface area contributed by atoms with E-state index in [0.29, 0.717) is 11.3 Å². The molecule has 0 aliphatic carbocycles. The van der Waals surface area contributed by atoms with Crippen molar-refractivity contribution in [1.29, 1.82) is 5.26 Å². The normalized spacial score (nSPS) is 17.6. The molecule has 4 rings (SSSR count). The van der Waals surface area contributed by atoms with Gasteiger partial charge in [-0.1, -0.05) is 0 Å². The van der Waals surface area contributed by atoms with Crippen LogP contribution in [0.3, 0.4) is 0 Å². The monoisotopic (exact) mass is 446 g/mol. The summed E-state index contributed by atoms with van der Waals surface area (Å²) in [5, 5.41) is 8.95. The molecule has 2 aliphatic rings. The molecule has 2 aromatic rings. The maximum atomic E-state index is 13.4. The zero-order valence-corrected chi connectivity index (χ0v) is 17.0. The highest BCUT2D eigenvalue weighted by Crippen LogP contribution is 2.40. The van der Waals surface area contributed by atoms with Crippen molar-refractivity contribution in [1.82, 2.24) is 4.98 Å². The Bertz CT molecular complexity index is 1200. The summed E-state index contributed by atoms with van der Waals surface area (Å²) in [6.45, 7) is 3.17. The molecule has 0 atom stereocenters. The number of ether oxygens (including phenoxy) is 1. The molecule has 0 bridgehead atoms. The summed E-state index contributed by atoms with van der Waals surface area (Å²) in [5.74, 6) is -1.11. The van der Waals surface area contributed by atoms with E-state index >= 15 is 0 Å². The SMILES string of the molecule is CC1(C)C(=O)N(c2ccc(C#N)c(C(F)(F)F)c2)C(=S)N1c1cnc2c(c1)COC2=O. The van der Waals surface area contributed by atoms with Crippen molar-refractivity contribution in [2.24, 2.45) is 0 Å². The third-order valence-electron chi connectivity index (χ3n) is 5.12. The van der Waals surface area contributed by atoms with Gasteiger partial charge in [-0.05, 0) is 50.3 Å². The number of rotatable bonds is 2. The number of hydrogen-bond donors (Lipinski definition) is 0. The second-order valence-electron chi connectivity index (χ2n) is 7.43. The van der Waals surface area contributed by atoms with Gasteiger partial charge in [0.05, 0.1) is 34.8 Å². The summed E-state index contributed by atoms with van der Waals surface area (Å²) in [6, 6.07) is 6.09. The average Bonchev–Trinajstić information content (AvgIpc) is 3.15. The molecule has 3 heterocycles. The van der Waals surface area contributed by atoms with Crippen molar-refractivity contribution in [2.45, 2.75) is 32.2 Å². The summed E-state index contributed by atoms with van der Waals surface area (Å²) >= 11 is 5.46. The summed E-state index contributed by atoms with van der Waals surface area (Å²) in [6.07, 6.45) is -3.42. The number of anilines is 2. The van der Waals surface area contributed by atoms with Crippen molar-refractivity contribution in [3.8, 4) is 6.07 Å². The smallest absolute Gasteiger partial charge is 0.417 e. The van der Waals surface area contributed by atoms with Crippen LogP contribution in [0.25, 0.3) is 0 Å². The number of alkyl halides is 3. The molecule has 7 nitrogen and oxygen atoms in total. The Morgan fingerprint density at radius 2 is 1.94 bits per heavy atom. The number of carbonyl (C=O) groups excluding carboxylic acids is 2. The zero-order chi connectivity index (χ0) is 22.7. The molecule has 1 amide bonds. The summed E-state index contributed by atoms with van der Waals surface area (Å²) < 4.78 is 45.1. The summed E-state index contributed by atoms with van der Waals surface area (Å²) in [4.78, 5) is 31.4. The quantitative estimate of drug-likeness (QED) is 0.515. The second-order valence-corrected chi connectivity index (χ2v) is 7.80. The van der Waals surface area contributed by atoms with Gasteiger partial charge in [0.1, 0.15) is 12.1 Å². The van der Waals surface area contributed by atoms with Crippen LogP contribution in [-0.2, 0) is 22.3 Å². The number of nitriles is 1. The highest BCUT2D eigenvalue weighted by molar-refractivity contribution is 7.81. The van der Waals surface area contributed by atoms with Crippen LogP contribution in [-0.4, -0.2) is 27.5 Å². The zero-order valence-electron chi connectivity index (χ0n) is 16.1. The van der Waals surface area contributed by atoms with E-state index in [1.165, 1.54) is 23.2 Å². The number of carbonyl (C=O) groups is 2. The third kappa shape index (κ3) is 3.11. The molecule has 0 unspecified atom stereocenters. The van der Waals surface area contributed by atoms with Crippen LogP contribution < -0.4 is 9.80 Å². The Morgan fingerprint density at radius 3 is 2.58 bits per heavy atom. The Labute approximate surface area is 179 Å². The minimum atomic E-state index is -4.78. The molecule has 1 saturated heterocycles. The molecular formula is C20H13F3N4O3S. The van der Waals surface area contributed by atoms with Gasteiger partial charge in [-0.25, -0.2) is 9.78 Å². The predicted octanol–water partition coefficient (Wildman–Crippen LogP) is 3.56. The number of fused-ring (bicyclic) bond motifs is 1. The van der Waals surface area contributed by atoms with Gasteiger partial charge in [-0.3, -0.25) is 9.69 Å². The van der Waals surface area contributed by atoms with Crippen LogP contribution in [0, 0.1) is 11.3 Å². The Morgan fingerprint density at radius 1 is 1.23 bits per heavy atom. The minimum Gasteiger partial charge on any atom is -0.456 e. The van der Waals surface area contributed by atoms with E-state index in [-0.39, 0.29) is 23.1 Å². The average molecular weight is 446 g/mol. The number of nitrogens with zero attached hydrogens (tertiary/aromatic N) is 4. The van der Waals surface area contributed by atoms with Gasteiger partial charge in [0.25, 0.3) is 5.91 Å². The minimum absolute atomic E-state index is 0.0261. The molecule has 0 spiro atoms. The first-order valence-corrected chi connectivity index (χ1v) is 9.34. The first-order chi connectivity index (χ1) is 14.5. The molecule has 158 valence electrons. The van der Waals surface area contributed by atoms with Gasteiger partial charge in [0.2, 0.25) is 0 Å². The van der Waals surface area contributed by atoms with Gasteiger partial charge >= 0.3 is 12.1 Å². The fourth-order valence-corrected chi connectivity index (χ4v) is 4.11. The van der Waals surface area contributed by atoms with Gasteiger partial charge in [-0.15, -0.1) is 0 Å². The van der Waals surface area contributed by atoms with E-state index in [2.05, 4.69) is 4.98 Å². The number of hydrogen-bond acceptors (Lipinski definition) is 6.